The predicted octanol–water partition coefficient (Wildman–Crippen LogP) is 4.36. The van der Waals surface area contributed by atoms with E-state index in [4.69, 9.17) is 0 Å². The summed E-state index contributed by atoms with van der Waals surface area (Å²) in [4.78, 5) is 16.1. The second-order valence-electron chi connectivity index (χ2n) is 9.99. The summed E-state index contributed by atoms with van der Waals surface area (Å²) in [6, 6.07) is 4.60. The summed E-state index contributed by atoms with van der Waals surface area (Å²) in [6.07, 6.45) is 0.414. The minimum atomic E-state index is -2.95. The average Bonchev–Trinajstić information content (AvgIpc) is 3.41. The molecule has 0 radical (unpaired) electrons. The molecule has 1 amide bonds. The molecule has 1 aromatic carbocycles. The van der Waals surface area contributed by atoms with Crippen LogP contribution in [0.3, 0.4) is 0 Å². The van der Waals surface area contributed by atoms with Crippen molar-refractivity contribution in [2.24, 2.45) is 9.36 Å². The van der Waals surface area contributed by atoms with Gasteiger partial charge in [0, 0.05) is 11.1 Å². The number of nitrogens with zero attached hydrogens (tertiary/aromatic N) is 2. The monoisotopic (exact) mass is 463 g/mol. The Morgan fingerprint density at radius 2 is 1.97 bits per heavy atom. The first kappa shape index (κ1) is 23.5. The van der Waals surface area contributed by atoms with Crippen LogP contribution in [0.1, 0.15) is 44.7 Å². The highest BCUT2D eigenvalue weighted by atomic mass is 32.2. The van der Waals surface area contributed by atoms with E-state index < -0.39 is 40.0 Å². The lowest BCUT2D eigenvalue weighted by molar-refractivity contribution is 0.199. The summed E-state index contributed by atoms with van der Waals surface area (Å²) in [7, 11) is -4.58. The molecule has 6 nitrogen and oxygen atoms in total. The van der Waals surface area contributed by atoms with E-state index >= 15 is 4.39 Å². The zero-order valence-corrected chi connectivity index (χ0v) is 20.7. The van der Waals surface area contributed by atoms with E-state index in [1.54, 1.807) is 32.9 Å². The number of carbonyl (C=O) groups is 1. The number of benzene rings is 1. The lowest BCUT2D eigenvalue weighted by atomic mass is 9.92. The first-order chi connectivity index (χ1) is 14.2. The van der Waals surface area contributed by atoms with Gasteiger partial charge in [0.2, 0.25) is 0 Å². The molecule has 2 N–H and O–H groups in total. The molecule has 168 valence electrons. The van der Waals surface area contributed by atoms with Gasteiger partial charge in [-0.05, 0) is 51.8 Å². The fourth-order valence-corrected chi connectivity index (χ4v) is 6.70. The van der Waals surface area contributed by atoms with Gasteiger partial charge in [0.1, 0.15) is 30.0 Å². The van der Waals surface area contributed by atoms with Gasteiger partial charge in [-0.3, -0.25) is 10.3 Å². The van der Waals surface area contributed by atoms with Crippen LogP contribution in [-0.4, -0.2) is 45.9 Å². The third kappa shape index (κ3) is 5.01. The summed E-state index contributed by atoms with van der Waals surface area (Å²) in [5.41, 5.74) is 2.91. The number of carboxylic acid groups (broad SMARTS) is 1. The lowest BCUT2D eigenvalue weighted by Crippen LogP contribution is -2.57. The highest BCUT2D eigenvalue weighted by Gasteiger charge is 2.50. The van der Waals surface area contributed by atoms with E-state index in [-0.39, 0.29) is 23.2 Å². The molecule has 1 saturated carbocycles. The van der Waals surface area contributed by atoms with Gasteiger partial charge >= 0.3 is 6.09 Å². The maximum atomic E-state index is 15.0. The summed E-state index contributed by atoms with van der Waals surface area (Å²) < 4.78 is 32.6. The van der Waals surface area contributed by atoms with Crippen molar-refractivity contribution in [1.82, 2.24) is 5.32 Å². The van der Waals surface area contributed by atoms with Gasteiger partial charge in [0.15, 0.2) is 0 Å². The van der Waals surface area contributed by atoms with Crippen molar-refractivity contribution in [3.8, 4) is 11.5 Å². The van der Waals surface area contributed by atoms with E-state index in [0.29, 0.717) is 5.56 Å². The number of amides is 1. The van der Waals surface area contributed by atoms with Crippen LogP contribution in [-0.2, 0) is 15.3 Å². The standard InChI is InChI=1S/C22H30FN3O3SSi/c1-21(2)19(24-20(27)28)25-22(3,14-30(21,29)26-16-8-9-16)17-13-15(7-10-18(17)23)11-12-31(4,5)6/h7,10,13,16H,8-9,14H2,1-6H3,(H,24,25)(H,27,28)/t22-,30-/m0/s1. The molecule has 1 aliphatic heterocycles. The molecule has 0 spiro atoms. The zero-order valence-electron chi connectivity index (χ0n) is 18.9. The van der Waals surface area contributed by atoms with Gasteiger partial charge < -0.3 is 5.11 Å². The first-order valence-electron chi connectivity index (χ1n) is 10.3. The van der Waals surface area contributed by atoms with Gasteiger partial charge in [0.05, 0.1) is 21.5 Å². The Morgan fingerprint density at radius 3 is 2.52 bits per heavy atom. The fourth-order valence-electron chi connectivity index (χ4n) is 3.41. The molecule has 0 unspecified atom stereocenters. The van der Waals surface area contributed by atoms with Gasteiger partial charge in [-0.2, -0.15) is 0 Å². The lowest BCUT2D eigenvalue weighted by Gasteiger charge is -2.41. The Labute approximate surface area is 184 Å². The molecule has 1 fully saturated rings. The van der Waals surface area contributed by atoms with Gasteiger partial charge in [-0.1, -0.05) is 25.6 Å². The molecule has 1 aliphatic carbocycles. The largest absolute Gasteiger partial charge is 0.465 e. The molecule has 0 bridgehead atoms. The minimum absolute atomic E-state index is 0.000930. The number of aliphatic imine (C=N–C) groups is 1. The zero-order chi connectivity index (χ0) is 23.2. The van der Waals surface area contributed by atoms with Crippen LogP contribution in [0, 0.1) is 17.3 Å². The van der Waals surface area contributed by atoms with Crippen LogP contribution in [0.15, 0.2) is 27.6 Å². The van der Waals surface area contributed by atoms with Gasteiger partial charge in [0.25, 0.3) is 0 Å². The summed E-state index contributed by atoms with van der Waals surface area (Å²) >= 11 is 0. The summed E-state index contributed by atoms with van der Waals surface area (Å²) in [5, 5.41) is 11.7. The molecule has 0 saturated heterocycles. The molecular formula is C22H30FN3O3SSi. The number of nitrogens with one attached hydrogen (secondary N) is 1. The average molecular weight is 464 g/mol. The Kier molecular flexibility index (Phi) is 5.87. The van der Waals surface area contributed by atoms with Crippen molar-refractivity contribution in [3.05, 3.63) is 35.1 Å². The number of hydrogen-bond donors (Lipinski definition) is 2. The predicted molar refractivity (Wildman–Crippen MR) is 125 cm³/mol. The van der Waals surface area contributed by atoms with E-state index in [1.807, 2.05) is 0 Å². The smallest absolute Gasteiger partial charge is 0.410 e. The van der Waals surface area contributed by atoms with Gasteiger partial charge in [-0.25, -0.2) is 17.8 Å². The minimum Gasteiger partial charge on any atom is -0.465 e. The number of rotatable bonds is 2. The number of amidine groups is 1. The van der Waals surface area contributed by atoms with Crippen molar-refractivity contribution in [2.45, 2.75) is 69.6 Å². The van der Waals surface area contributed by atoms with Crippen molar-refractivity contribution in [1.29, 1.82) is 0 Å². The topological polar surface area (TPSA) is 91.1 Å². The molecule has 9 heteroatoms. The van der Waals surface area contributed by atoms with Crippen molar-refractivity contribution in [3.63, 3.8) is 0 Å². The van der Waals surface area contributed by atoms with E-state index in [9.17, 15) is 14.1 Å². The van der Waals surface area contributed by atoms with Crippen LogP contribution in [0.4, 0.5) is 9.18 Å². The maximum absolute atomic E-state index is 15.0. The van der Waals surface area contributed by atoms with Crippen molar-refractivity contribution in [2.75, 3.05) is 5.75 Å². The molecule has 31 heavy (non-hydrogen) atoms. The highest BCUT2D eigenvalue weighted by Crippen LogP contribution is 2.41. The summed E-state index contributed by atoms with van der Waals surface area (Å²) in [5.74, 6) is 2.68. The van der Waals surface area contributed by atoms with Crippen LogP contribution < -0.4 is 5.32 Å². The second-order valence-corrected chi connectivity index (χ2v) is 17.5. The SMILES string of the molecule is CC1(C)C(NC(=O)O)=N[C@](C)(c2cc(C#C[Si](C)(C)C)ccc2F)C[S@@]1(=O)=NC1CC1. The van der Waals surface area contributed by atoms with Crippen LogP contribution in [0.25, 0.3) is 0 Å². The Balaban J connectivity index is 2.20. The molecular weight excluding hydrogens is 433 g/mol. The Morgan fingerprint density at radius 1 is 1.32 bits per heavy atom. The van der Waals surface area contributed by atoms with Gasteiger partial charge in [-0.15, -0.1) is 5.54 Å². The quantitative estimate of drug-likeness (QED) is 0.504. The maximum Gasteiger partial charge on any atom is 0.410 e. The van der Waals surface area contributed by atoms with E-state index in [1.165, 1.54) is 6.07 Å². The van der Waals surface area contributed by atoms with Crippen LogP contribution in [0.5, 0.6) is 0 Å². The molecule has 2 aliphatic rings. The molecule has 3 rings (SSSR count). The molecule has 0 aromatic heterocycles. The molecule has 1 aromatic rings. The van der Waals surface area contributed by atoms with Crippen LogP contribution in [0.2, 0.25) is 19.6 Å². The first-order valence-corrected chi connectivity index (χ1v) is 15.5. The third-order valence-electron chi connectivity index (χ3n) is 5.42. The van der Waals surface area contributed by atoms with Crippen molar-refractivity contribution < 1.29 is 18.5 Å². The second kappa shape index (κ2) is 7.75. The van der Waals surface area contributed by atoms with E-state index in [2.05, 4.69) is 45.8 Å². The number of hydrogen-bond acceptors (Lipinski definition) is 4. The molecule has 1 heterocycles. The van der Waals surface area contributed by atoms with Crippen LogP contribution >= 0.6 is 0 Å². The Bertz CT molecular complexity index is 1130. The fraction of sp³-hybridized carbons (Fsp3) is 0.545. The highest BCUT2D eigenvalue weighted by molar-refractivity contribution is 7.95. The molecule has 2 atom stereocenters. The van der Waals surface area contributed by atoms with E-state index in [0.717, 1.165) is 12.8 Å². The summed E-state index contributed by atoms with van der Waals surface area (Å²) in [6.45, 7) is 11.4. The normalized spacial score (nSPS) is 27.5. The number of halogens is 1. The third-order valence-corrected chi connectivity index (χ3v) is 9.68. The Hall–Kier alpha value is -2.18. The van der Waals surface area contributed by atoms with Crippen molar-refractivity contribution >= 4 is 29.7 Å².